The van der Waals surface area contributed by atoms with Crippen LogP contribution in [0.5, 0.6) is 0 Å². The summed E-state index contributed by atoms with van der Waals surface area (Å²) in [6.45, 7) is 7.23. The van der Waals surface area contributed by atoms with Gasteiger partial charge >= 0.3 is 11.9 Å². The smallest absolute Gasteiger partial charge is 0.311 e. The molecular weight excluding hydrogens is 236 g/mol. The van der Waals surface area contributed by atoms with Gasteiger partial charge in [0.2, 0.25) is 0 Å². The lowest BCUT2D eigenvalue weighted by molar-refractivity contribution is -0.158. The highest BCUT2D eigenvalue weighted by Crippen LogP contribution is 2.29. The first kappa shape index (κ1) is 16.9. The van der Waals surface area contributed by atoms with E-state index in [4.69, 9.17) is 14.6 Å². The van der Waals surface area contributed by atoms with E-state index in [1.54, 1.807) is 20.8 Å². The van der Waals surface area contributed by atoms with Crippen molar-refractivity contribution in [3.8, 4) is 0 Å². The molecule has 0 aromatic heterocycles. The van der Waals surface area contributed by atoms with Crippen LogP contribution in [0.15, 0.2) is 0 Å². The Balaban J connectivity index is 4.51. The van der Waals surface area contributed by atoms with Crippen molar-refractivity contribution < 1.29 is 24.2 Å². The van der Waals surface area contributed by atoms with Gasteiger partial charge in [0.1, 0.15) is 6.61 Å². The molecule has 0 aromatic rings. The van der Waals surface area contributed by atoms with Crippen molar-refractivity contribution >= 4 is 11.9 Å². The van der Waals surface area contributed by atoms with Crippen LogP contribution in [0.2, 0.25) is 0 Å². The van der Waals surface area contributed by atoms with Gasteiger partial charge in [-0.3, -0.25) is 9.59 Å². The van der Waals surface area contributed by atoms with Crippen LogP contribution in [-0.4, -0.2) is 36.9 Å². The fraction of sp³-hybridized carbons (Fsp3) is 0.846. The third-order valence-electron chi connectivity index (χ3n) is 2.75. The molecule has 0 saturated carbocycles. The van der Waals surface area contributed by atoms with E-state index in [1.807, 2.05) is 6.92 Å². The SMILES string of the molecule is CCOC(=O)C(CC)CC(C)(C)C(=O)OCCO. The Morgan fingerprint density at radius 2 is 1.83 bits per heavy atom. The summed E-state index contributed by atoms with van der Waals surface area (Å²) in [5, 5.41) is 8.62. The molecule has 0 aromatic carbocycles. The third-order valence-corrected chi connectivity index (χ3v) is 2.75. The van der Waals surface area contributed by atoms with E-state index >= 15 is 0 Å². The minimum Gasteiger partial charge on any atom is -0.466 e. The first-order chi connectivity index (χ1) is 8.38. The lowest BCUT2D eigenvalue weighted by Gasteiger charge is -2.26. The fourth-order valence-corrected chi connectivity index (χ4v) is 1.69. The Morgan fingerprint density at radius 3 is 2.28 bits per heavy atom. The van der Waals surface area contributed by atoms with Gasteiger partial charge in [0.15, 0.2) is 0 Å². The van der Waals surface area contributed by atoms with Gasteiger partial charge in [0.25, 0.3) is 0 Å². The zero-order chi connectivity index (χ0) is 14.2. The van der Waals surface area contributed by atoms with Crippen LogP contribution in [0, 0.1) is 11.3 Å². The summed E-state index contributed by atoms with van der Waals surface area (Å²) in [7, 11) is 0. The summed E-state index contributed by atoms with van der Waals surface area (Å²) in [6, 6.07) is 0. The standard InChI is InChI=1S/C13H24O5/c1-5-10(11(15)17-6-2)9-13(3,4)12(16)18-8-7-14/h10,14H,5-9H2,1-4H3. The van der Waals surface area contributed by atoms with Crippen LogP contribution in [0.3, 0.4) is 0 Å². The second-order valence-electron chi connectivity index (χ2n) is 4.80. The molecule has 0 spiro atoms. The van der Waals surface area contributed by atoms with Gasteiger partial charge in [-0.25, -0.2) is 0 Å². The minimum absolute atomic E-state index is 0.0154. The molecule has 0 rings (SSSR count). The van der Waals surface area contributed by atoms with Crippen LogP contribution in [-0.2, 0) is 19.1 Å². The van der Waals surface area contributed by atoms with Crippen molar-refractivity contribution in [1.29, 1.82) is 0 Å². The maximum atomic E-state index is 11.8. The predicted molar refractivity (Wildman–Crippen MR) is 66.9 cm³/mol. The van der Waals surface area contributed by atoms with Crippen molar-refractivity contribution in [3.05, 3.63) is 0 Å². The van der Waals surface area contributed by atoms with Crippen LogP contribution in [0.25, 0.3) is 0 Å². The molecule has 1 N–H and O–H groups in total. The number of carbonyl (C=O) groups excluding carboxylic acids is 2. The van der Waals surface area contributed by atoms with E-state index in [-0.39, 0.29) is 25.1 Å². The molecule has 18 heavy (non-hydrogen) atoms. The number of rotatable bonds is 8. The molecule has 1 unspecified atom stereocenters. The molecule has 0 aliphatic rings. The number of hydrogen-bond acceptors (Lipinski definition) is 5. The summed E-state index contributed by atoms with van der Waals surface area (Å²) in [5.74, 6) is -0.982. The van der Waals surface area contributed by atoms with Crippen molar-refractivity contribution in [2.45, 2.75) is 40.5 Å². The number of carbonyl (C=O) groups is 2. The zero-order valence-electron chi connectivity index (χ0n) is 11.7. The fourth-order valence-electron chi connectivity index (χ4n) is 1.69. The average molecular weight is 260 g/mol. The van der Waals surface area contributed by atoms with Gasteiger partial charge in [0.05, 0.1) is 24.5 Å². The molecule has 0 amide bonds. The average Bonchev–Trinajstić information content (AvgIpc) is 2.33. The highest BCUT2D eigenvalue weighted by Gasteiger charge is 2.34. The summed E-state index contributed by atoms with van der Waals surface area (Å²) >= 11 is 0. The van der Waals surface area contributed by atoms with Gasteiger partial charge in [-0.15, -0.1) is 0 Å². The molecule has 0 radical (unpaired) electrons. The van der Waals surface area contributed by atoms with Gasteiger partial charge in [0, 0.05) is 0 Å². The highest BCUT2D eigenvalue weighted by molar-refractivity contribution is 5.78. The zero-order valence-corrected chi connectivity index (χ0v) is 11.7. The predicted octanol–water partition coefficient (Wildman–Crippen LogP) is 1.53. The maximum absolute atomic E-state index is 11.8. The van der Waals surface area contributed by atoms with E-state index in [2.05, 4.69) is 0 Å². The molecule has 0 saturated heterocycles. The van der Waals surface area contributed by atoms with E-state index in [1.165, 1.54) is 0 Å². The largest absolute Gasteiger partial charge is 0.466 e. The van der Waals surface area contributed by atoms with Crippen LogP contribution >= 0.6 is 0 Å². The van der Waals surface area contributed by atoms with E-state index in [9.17, 15) is 9.59 Å². The summed E-state index contributed by atoms with van der Waals surface area (Å²) < 4.78 is 9.87. The van der Waals surface area contributed by atoms with Crippen LogP contribution in [0.1, 0.15) is 40.5 Å². The summed E-state index contributed by atoms with van der Waals surface area (Å²) in [5.41, 5.74) is -0.761. The Labute approximate surface area is 108 Å². The topological polar surface area (TPSA) is 72.8 Å². The molecule has 0 heterocycles. The van der Waals surface area contributed by atoms with Crippen LogP contribution < -0.4 is 0 Å². The quantitative estimate of drug-likeness (QED) is 0.670. The van der Waals surface area contributed by atoms with Crippen molar-refractivity contribution in [2.75, 3.05) is 19.8 Å². The second kappa shape index (κ2) is 8.08. The number of hydrogen-bond donors (Lipinski definition) is 1. The Bertz CT molecular complexity index is 273. The van der Waals surface area contributed by atoms with E-state index in [0.717, 1.165) is 0 Å². The van der Waals surface area contributed by atoms with Gasteiger partial charge in [-0.1, -0.05) is 6.92 Å². The monoisotopic (exact) mass is 260 g/mol. The van der Waals surface area contributed by atoms with Crippen LogP contribution in [0.4, 0.5) is 0 Å². The molecule has 0 bridgehead atoms. The lowest BCUT2D eigenvalue weighted by atomic mass is 9.81. The molecule has 0 fully saturated rings. The van der Waals surface area contributed by atoms with Gasteiger partial charge in [-0.2, -0.15) is 0 Å². The molecule has 106 valence electrons. The van der Waals surface area contributed by atoms with Gasteiger partial charge in [-0.05, 0) is 33.6 Å². The van der Waals surface area contributed by atoms with E-state index in [0.29, 0.717) is 19.4 Å². The lowest BCUT2D eigenvalue weighted by Crippen LogP contribution is -2.32. The molecular formula is C13H24O5. The van der Waals surface area contributed by atoms with Crippen molar-refractivity contribution in [3.63, 3.8) is 0 Å². The number of aliphatic hydroxyl groups excluding tert-OH is 1. The third kappa shape index (κ3) is 5.49. The number of ether oxygens (including phenoxy) is 2. The normalized spacial score (nSPS) is 12.9. The highest BCUT2D eigenvalue weighted by atomic mass is 16.5. The van der Waals surface area contributed by atoms with Crippen molar-refractivity contribution in [2.24, 2.45) is 11.3 Å². The first-order valence-corrected chi connectivity index (χ1v) is 6.33. The maximum Gasteiger partial charge on any atom is 0.311 e. The van der Waals surface area contributed by atoms with Crippen molar-refractivity contribution in [1.82, 2.24) is 0 Å². The number of aliphatic hydroxyl groups is 1. The first-order valence-electron chi connectivity index (χ1n) is 6.33. The minimum atomic E-state index is -0.761. The molecule has 5 nitrogen and oxygen atoms in total. The number of esters is 2. The molecule has 0 aliphatic heterocycles. The Kier molecular flexibility index (Phi) is 7.59. The second-order valence-corrected chi connectivity index (χ2v) is 4.80. The summed E-state index contributed by atoms with van der Waals surface area (Å²) in [4.78, 5) is 23.4. The molecule has 1 atom stereocenters. The molecule has 5 heteroatoms. The Morgan fingerprint density at radius 1 is 1.22 bits per heavy atom. The summed E-state index contributed by atoms with van der Waals surface area (Å²) in [6.07, 6.45) is 1.00. The molecule has 0 aliphatic carbocycles. The van der Waals surface area contributed by atoms with E-state index < -0.39 is 11.4 Å². The van der Waals surface area contributed by atoms with Gasteiger partial charge < -0.3 is 14.6 Å². The Hall–Kier alpha value is -1.10.